The van der Waals surface area contributed by atoms with Crippen molar-refractivity contribution < 1.29 is 4.79 Å². The molecule has 2 aromatic carbocycles. The van der Waals surface area contributed by atoms with Gasteiger partial charge in [0.25, 0.3) is 0 Å². The molecule has 1 amide bonds. The molecule has 0 aliphatic heterocycles. The van der Waals surface area contributed by atoms with Gasteiger partial charge in [-0.15, -0.1) is 11.6 Å². The van der Waals surface area contributed by atoms with E-state index in [1.807, 2.05) is 55.5 Å². The minimum absolute atomic E-state index is 0.0567. The van der Waals surface area contributed by atoms with Crippen LogP contribution < -0.4 is 10.6 Å². The summed E-state index contributed by atoms with van der Waals surface area (Å²) in [5.74, 6) is -0.279. The molecular weight excluding hydrogens is 260 g/mol. The van der Waals surface area contributed by atoms with Crippen LogP contribution in [0.3, 0.4) is 0 Å². The van der Waals surface area contributed by atoms with Crippen molar-refractivity contribution in [1.29, 1.82) is 0 Å². The van der Waals surface area contributed by atoms with Gasteiger partial charge in [0, 0.05) is 5.69 Å². The highest BCUT2D eigenvalue weighted by molar-refractivity contribution is 6.29. The van der Waals surface area contributed by atoms with E-state index in [1.54, 1.807) is 0 Å². The molecule has 98 valence electrons. The van der Waals surface area contributed by atoms with E-state index in [2.05, 4.69) is 10.6 Å². The first-order chi connectivity index (χ1) is 9.19. The zero-order chi connectivity index (χ0) is 13.7. The molecule has 19 heavy (non-hydrogen) atoms. The smallest absolute Gasteiger partial charge is 0.239 e. The number of anilines is 3. The van der Waals surface area contributed by atoms with Gasteiger partial charge in [-0.3, -0.25) is 4.79 Å². The summed E-state index contributed by atoms with van der Waals surface area (Å²) >= 11 is 5.50. The van der Waals surface area contributed by atoms with E-state index in [-0.39, 0.29) is 11.8 Å². The summed E-state index contributed by atoms with van der Waals surface area (Å²) in [6.07, 6.45) is 0. The van der Waals surface area contributed by atoms with E-state index < -0.39 is 0 Å². The third-order valence-electron chi connectivity index (χ3n) is 2.65. The van der Waals surface area contributed by atoms with Gasteiger partial charge < -0.3 is 10.6 Å². The molecule has 4 heteroatoms. The van der Waals surface area contributed by atoms with E-state index in [9.17, 15) is 4.79 Å². The number of amides is 1. The van der Waals surface area contributed by atoms with Crippen LogP contribution in [-0.4, -0.2) is 11.8 Å². The molecule has 2 N–H and O–H groups in total. The molecule has 0 aliphatic carbocycles. The number of carbonyl (C=O) groups excluding carboxylic acids is 1. The summed E-state index contributed by atoms with van der Waals surface area (Å²) in [6, 6.07) is 15.6. The van der Waals surface area contributed by atoms with Gasteiger partial charge in [-0.1, -0.05) is 29.8 Å². The van der Waals surface area contributed by atoms with Crippen molar-refractivity contribution in [3.8, 4) is 0 Å². The van der Waals surface area contributed by atoms with Crippen LogP contribution in [0, 0.1) is 6.92 Å². The number of carbonyl (C=O) groups is 1. The molecule has 0 heterocycles. The van der Waals surface area contributed by atoms with Crippen LogP contribution in [0.5, 0.6) is 0 Å². The van der Waals surface area contributed by atoms with Gasteiger partial charge in [-0.2, -0.15) is 0 Å². The molecule has 0 bridgehead atoms. The first kappa shape index (κ1) is 13.4. The average Bonchev–Trinajstić information content (AvgIpc) is 2.43. The lowest BCUT2D eigenvalue weighted by Gasteiger charge is -2.12. The van der Waals surface area contributed by atoms with Crippen molar-refractivity contribution in [2.75, 3.05) is 16.5 Å². The number of rotatable bonds is 4. The minimum Gasteiger partial charge on any atom is -0.354 e. The highest BCUT2D eigenvalue weighted by Gasteiger charge is 2.05. The molecule has 0 atom stereocenters. The van der Waals surface area contributed by atoms with Crippen molar-refractivity contribution in [3.63, 3.8) is 0 Å². The first-order valence-corrected chi connectivity index (χ1v) is 6.51. The summed E-state index contributed by atoms with van der Waals surface area (Å²) in [7, 11) is 0. The number of alkyl halides is 1. The van der Waals surface area contributed by atoms with Crippen LogP contribution in [0.15, 0.2) is 48.5 Å². The Hall–Kier alpha value is -2.00. The van der Waals surface area contributed by atoms with Gasteiger partial charge >= 0.3 is 0 Å². The van der Waals surface area contributed by atoms with E-state index >= 15 is 0 Å². The van der Waals surface area contributed by atoms with Crippen molar-refractivity contribution in [3.05, 3.63) is 54.1 Å². The third-order valence-corrected chi connectivity index (χ3v) is 2.90. The number of benzene rings is 2. The highest BCUT2D eigenvalue weighted by Crippen LogP contribution is 2.25. The molecule has 0 saturated carbocycles. The maximum absolute atomic E-state index is 11.4. The van der Waals surface area contributed by atoms with Gasteiger partial charge in [-0.25, -0.2) is 0 Å². The standard InChI is InChI=1S/C15H15ClN2O/c1-11-6-8-12(9-7-11)17-13-4-2-3-5-14(13)18-15(19)10-16/h2-9,17H,10H2,1H3,(H,18,19). The van der Waals surface area contributed by atoms with Gasteiger partial charge in [0.1, 0.15) is 5.88 Å². The predicted octanol–water partition coefficient (Wildman–Crippen LogP) is 3.92. The second kappa shape index (κ2) is 6.25. The summed E-state index contributed by atoms with van der Waals surface area (Å²) < 4.78 is 0. The molecule has 0 spiro atoms. The van der Waals surface area contributed by atoms with E-state index in [4.69, 9.17) is 11.6 Å². The van der Waals surface area contributed by atoms with E-state index in [0.717, 1.165) is 11.4 Å². The zero-order valence-electron chi connectivity index (χ0n) is 10.6. The number of nitrogens with one attached hydrogen (secondary N) is 2. The quantitative estimate of drug-likeness (QED) is 0.830. The van der Waals surface area contributed by atoms with Crippen molar-refractivity contribution in [1.82, 2.24) is 0 Å². The summed E-state index contributed by atoms with van der Waals surface area (Å²) in [5.41, 5.74) is 3.73. The maximum atomic E-state index is 11.4. The van der Waals surface area contributed by atoms with E-state index in [0.29, 0.717) is 5.69 Å². The fourth-order valence-corrected chi connectivity index (χ4v) is 1.74. The van der Waals surface area contributed by atoms with Crippen LogP contribution >= 0.6 is 11.6 Å². The Morgan fingerprint density at radius 2 is 1.68 bits per heavy atom. The molecule has 0 aliphatic rings. The number of hydrogen-bond acceptors (Lipinski definition) is 2. The van der Waals surface area contributed by atoms with Crippen molar-refractivity contribution in [2.24, 2.45) is 0 Å². The Balaban J connectivity index is 2.20. The molecule has 3 nitrogen and oxygen atoms in total. The normalized spacial score (nSPS) is 10.0. The van der Waals surface area contributed by atoms with Crippen molar-refractivity contribution in [2.45, 2.75) is 6.92 Å². The topological polar surface area (TPSA) is 41.1 Å². The number of hydrogen-bond donors (Lipinski definition) is 2. The molecule has 0 unspecified atom stereocenters. The molecule has 0 fully saturated rings. The largest absolute Gasteiger partial charge is 0.354 e. The Kier molecular flexibility index (Phi) is 4.42. The van der Waals surface area contributed by atoms with Crippen LogP contribution in [0.4, 0.5) is 17.1 Å². The monoisotopic (exact) mass is 274 g/mol. The van der Waals surface area contributed by atoms with Crippen molar-refractivity contribution >= 4 is 34.6 Å². The molecule has 2 rings (SSSR count). The minimum atomic E-state index is -0.222. The summed E-state index contributed by atoms with van der Waals surface area (Å²) in [6.45, 7) is 2.04. The Morgan fingerprint density at radius 1 is 1.05 bits per heavy atom. The fourth-order valence-electron chi connectivity index (χ4n) is 1.68. The Morgan fingerprint density at radius 3 is 2.32 bits per heavy atom. The zero-order valence-corrected chi connectivity index (χ0v) is 11.4. The summed E-state index contributed by atoms with van der Waals surface area (Å²) in [4.78, 5) is 11.4. The predicted molar refractivity (Wildman–Crippen MR) is 80.3 cm³/mol. The summed E-state index contributed by atoms with van der Waals surface area (Å²) in [5, 5.41) is 6.03. The second-order valence-corrected chi connectivity index (χ2v) is 4.49. The van der Waals surface area contributed by atoms with Crippen LogP contribution in [-0.2, 0) is 4.79 Å². The molecular formula is C15H15ClN2O. The maximum Gasteiger partial charge on any atom is 0.239 e. The van der Waals surface area contributed by atoms with Crippen LogP contribution in [0.1, 0.15) is 5.56 Å². The highest BCUT2D eigenvalue weighted by atomic mass is 35.5. The molecule has 0 radical (unpaired) electrons. The number of halogens is 1. The Labute approximate surface area is 117 Å². The Bertz CT molecular complexity index is 567. The molecule has 0 aromatic heterocycles. The van der Waals surface area contributed by atoms with E-state index in [1.165, 1.54) is 5.56 Å². The number of aryl methyl sites for hydroxylation is 1. The van der Waals surface area contributed by atoms with Gasteiger partial charge in [-0.05, 0) is 31.2 Å². The fraction of sp³-hybridized carbons (Fsp3) is 0.133. The SMILES string of the molecule is Cc1ccc(Nc2ccccc2NC(=O)CCl)cc1. The van der Waals surface area contributed by atoms with Gasteiger partial charge in [0.2, 0.25) is 5.91 Å². The van der Waals surface area contributed by atoms with Gasteiger partial charge in [0.15, 0.2) is 0 Å². The lowest BCUT2D eigenvalue weighted by Crippen LogP contribution is -2.13. The lowest BCUT2D eigenvalue weighted by atomic mass is 10.2. The lowest BCUT2D eigenvalue weighted by molar-refractivity contribution is -0.113. The average molecular weight is 275 g/mol. The molecule has 2 aromatic rings. The molecule has 0 saturated heterocycles. The number of para-hydroxylation sites is 2. The second-order valence-electron chi connectivity index (χ2n) is 4.22. The van der Waals surface area contributed by atoms with Gasteiger partial charge in [0.05, 0.1) is 11.4 Å². The first-order valence-electron chi connectivity index (χ1n) is 5.97. The van der Waals surface area contributed by atoms with Crippen LogP contribution in [0.2, 0.25) is 0 Å². The van der Waals surface area contributed by atoms with Crippen LogP contribution in [0.25, 0.3) is 0 Å². The third kappa shape index (κ3) is 3.73.